The largest absolute Gasteiger partial charge is 0.496 e. The maximum absolute atomic E-state index is 12.2. The Morgan fingerprint density at radius 3 is 2.73 bits per heavy atom. The standard InChI is InChI=1S/C22H26N2O2/c1-15-6-7-19-16(13-15)14-20(26-3)18-5-4-10-23-21(18)22(19,25)17-8-11-24(2)12-9-17/h4-7,10,13-14,17,25H,8-9,11-12H2,1-3H3. The first-order valence-corrected chi connectivity index (χ1v) is 9.27. The van der Waals surface area contributed by atoms with Crippen LogP contribution in [0.4, 0.5) is 0 Å². The highest BCUT2D eigenvalue weighted by molar-refractivity contribution is 5.82. The van der Waals surface area contributed by atoms with Gasteiger partial charge < -0.3 is 14.7 Å². The van der Waals surface area contributed by atoms with Gasteiger partial charge in [-0.05, 0) is 69.2 Å². The van der Waals surface area contributed by atoms with Gasteiger partial charge in [0.1, 0.15) is 11.4 Å². The van der Waals surface area contributed by atoms with E-state index in [4.69, 9.17) is 4.74 Å². The van der Waals surface area contributed by atoms with Gasteiger partial charge in [-0.15, -0.1) is 0 Å². The second-order valence-corrected chi connectivity index (χ2v) is 7.55. The van der Waals surface area contributed by atoms with Crippen molar-refractivity contribution in [2.24, 2.45) is 5.92 Å². The smallest absolute Gasteiger partial charge is 0.136 e. The van der Waals surface area contributed by atoms with E-state index in [0.29, 0.717) is 5.69 Å². The van der Waals surface area contributed by atoms with Gasteiger partial charge in [0, 0.05) is 17.7 Å². The molecule has 0 saturated carbocycles. The highest BCUT2D eigenvalue weighted by atomic mass is 16.5. The van der Waals surface area contributed by atoms with Crippen molar-refractivity contribution in [2.45, 2.75) is 25.4 Å². The lowest BCUT2D eigenvalue weighted by molar-refractivity contribution is -0.0146. The van der Waals surface area contributed by atoms with Gasteiger partial charge in [0.15, 0.2) is 0 Å². The van der Waals surface area contributed by atoms with Crippen LogP contribution in [0.15, 0.2) is 36.5 Å². The van der Waals surface area contributed by atoms with E-state index in [-0.39, 0.29) is 5.92 Å². The summed E-state index contributed by atoms with van der Waals surface area (Å²) in [4.78, 5) is 6.99. The summed E-state index contributed by atoms with van der Waals surface area (Å²) in [7, 11) is 3.82. The fraction of sp³-hybridized carbons (Fsp3) is 0.409. The molecule has 1 aliphatic heterocycles. The number of aryl methyl sites for hydroxylation is 1. The molecule has 4 rings (SSSR count). The summed E-state index contributed by atoms with van der Waals surface area (Å²) in [6, 6.07) is 10.2. The molecule has 2 heterocycles. The minimum absolute atomic E-state index is 0.124. The van der Waals surface area contributed by atoms with Crippen LogP contribution < -0.4 is 0 Å². The van der Waals surface area contributed by atoms with E-state index in [0.717, 1.165) is 48.4 Å². The van der Waals surface area contributed by atoms with Crippen LogP contribution in [0.1, 0.15) is 40.8 Å². The highest BCUT2D eigenvalue weighted by Crippen LogP contribution is 2.47. The van der Waals surface area contributed by atoms with Gasteiger partial charge in [-0.2, -0.15) is 0 Å². The monoisotopic (exact) mass is 350 g/mol. The van der Waals surface area contributed by atoms with Gasteiger partial charge in [0.05, 0.1) is 12.8 Å². The fourth-order valence-corrected chi connectivity index (χ4v) is 4.41. The quantitative estimate of drug-likeness (QED) is 0.901. The molecule has 1 atom stereocenters. The topological polar surface area (TPSA) is 45.6 Å². The van der Waals surface area contributed by atoms with Crippen molar-refractivity contribution >= 4 is 11.8 Å². The van der Waals surface area contributed by atoms with Crippen molar-refractivity contribution < 1.29 is 9.84 Å². The molecular formula is C22H26N2O2. The van der Waals surface area contributed by atoms with E-state index < -0.39 is 5.60 Å². The number of aromatic nitrogens is 1. The summed E-state index contributed by atoms with van der Waals surface area (Å²) in [5.74, 6) is 0.877. The molecule has 2 aliphatic rings. The number of likely N-dealkylation sites (tertiary alicyclic amines) is 1. The van der Waals surface area contributed by atoms with Gasteiger partial charge in [0.25, 0.3) is 0 Å². The van der Waals surface area contributed by atoms with E-state index >= 15 is 0 Å². The zero-order valence-electron chi connectivity index (χ0n) is 15.7. The molecule has 0 spiro atoms. The maximum atomic E-state index is 12.2. The Kier molecular flexibility index (Phi) is 4.33. The van der Waals surface area contributed by atoms with Crippen molar-refractivity contribution in [3.63, 3.8) is 0 Å². The molecule has 1 fully saturated rings. The Labute approximate surface area is 155 Å². The van der Waals surface area contributed by atoms with E-state index in [1.807, 2.05) is 18.2 Å². The van der Waals surface area contributed by atoms with Crippen LogP contribution in [0.5, 0.6) is 0 Å². The number of piperidine rings is 1. The third-order valence-electron chi connectivity index (χ3n) is 5.87. The lowest BCUT2D eigenvalue weighted by Crippen LogP contribution is -2.44. The van der Waals surface area contributed by atoms with Crippen LogP contribution in [-0.4, -0.2) is 42.2 Å². The third-order valence-corrected chi connectivity index (χ3v) is 5.87. The first-order valence-electron chi connectivity index (χ1n) is 9.27. The Morgan fingerprint density at radius 1 is 1.23 bits per heavy atom. The van der Waals surface area contributed by atoms with Crippen LogP contribution >= 0.6 is 0 Å². The second kappa shape index (κ2) is 6.53. The molecule has 0 radical (unpaired) electrons. The van der Waals surface area contributed by atoms with Gasteiger partial charge in [-0.3, -0.25) is 4.98 Å². The van der Waals surface area contributed by atoms with Crippen molar-refractivity contribution in [1.82, 2.24) is 9.88 Å². The maximum Gasteiger partial charge on any atom is 0.136 e. The van der Waals surface area contributed by atoms with Crippen LogP contribution in [0, 0.1) is 12.8 Å². The summed E-state index contributed by atoms with van der Waals surface area (Å²) in [6.07, 6.45) is 5.69. The summed E-state index contributed by atoms with van der Waals surface area (Å²) in [5, 5.41) is 12.2. The number of hydrogen-bond donors (Lipinski definition) is 1. The van der Waals surface area contributed by atoms with Gasteiger partial charge in [0.2, 0.25) is 0 Å². The number of pyridine rings is 1. The molecular weight excluding hydrogens is 324 g/mol. The van der Waals surface area contributed by atoms with Crippen molar-refractivity contribution in [1.29, 1.82) is 0 Å². The molecule has 1 saturated heterocycles. The fourth-order valence-electron chi connectivity index (χ4n) is 4.41. The summed E-state index contributed by atoms with van der Waals surface area (Å²) in [5.41, 5.74) is 3.60. The lowest BCUT2D eigenvalue weighted by Gasteiger charge is -2.41. The number of ether oxygens (including phenoxy) is 1. The molecule has 0 amide bonds. The number of rotatable bonds is 2. The molecule has 2 aromatic rings. The van der Waals surface area contributed by atoms with Gasteiger partial charge in [-0.25, -0.2) is 0 Å². The zero-order chi connectivity index (χ0) is 18.3. The van der Waals surface area contributed by atoms with Crippen LogP contribution in [0.2, 0.25) is 0 Å². The average molecular weight is 350 g/mol. The van der Waals surface area contributed by atoms with E-state index in [2.05, 4.69) is 42.1 Å². The molecule has 0 bridgehead atoms. The first kappa shape index (κ1) is 17.3. The van der Waals surface area contributed by atoms with Crippen molar-refractivity contribution in [3.8, 4) is 0 Å². The second-order valence-electron chi connectivity index (χ2n) is 7.55. The lowest BCUT2D eigenvalue weighted by atomic mass is 9.72. The average Bonchev–Trinajstić information content (AvgIpc) is 2.76. The summed E-state index contributed by atoms with van der Waals surface area (Å²) in [6.45, 7) is 4.05. The zero-order valence-corrected chi connectivity index (χ0v) is 15.7. The van der Waals surface area contributed by atoms with E-state index in [1.165, 1.54) is 5.56 Å². The Balaban J connectivity index is 1.97. The molecule has 1 aromatic heterocycles. The highest BCUT2D eigenvalue weighted by Gasteiger charge is 2.46. The number of fused-ring (bicyclic) bond motifs is 2. The molecule has 1 aliphatic carbocycles. The molecule has 136 valence electrons. The van der Waals surface area contributed by atoms with Crippen LogP contribution in [0.3, 0.4) is 0 Å². The molecule has 4 heteroatoms. The molecule has 1 unspecified atom stereocenters. The Bertz CT molecular complexity index is 853. The van der Waals surface area contributed by atoms with Crippen LogP contribution in [0.25, 0.3) is 11.8 Å². The SMILES string of the molecule is COC1=Cc2cc(C)ccc2C(O)(C2CCN(C)CC2)c2ncccc21. The number of hydrogen-bond acceptors (Lipinski definition) is 4. The third kappa shape index (κ3) is 2.65. The Hall–Kier alpha value is -2.17. The Morgan fingerprint density at radius 2 is 2.00 bits per heavy atom. The number of benzene rings is 1. The summed E-state index contributed by atoms with van der Waals surface area (Å²) < 4.78 is 5.69. The minimum atomic E-state index is -1.11. The number of nitrogens with zero attached hydrogens (tertiary/aromatic N) is 2. The predicted molar refractivity (Wildman–Crippen MR) is 104 cm³/mol. The van der Waals surface area contributed by atoms with E-state index in [9.17, 15) is 5.11 Å². The minimum Gasteiger partial charge on any atom is -0.496 e. The molecule has 1 N–H and O–H groups in total. The van der Waals surface area contributed by atoms with Crippen LogP contribution in [-0.2, 0) is 10.3 Å². The first-order chi connectivity index (χ1) is 12.5. The predicted octanol–water partition coefficient (Wildman–Crippen LogP) is 3.43. The molecule has 26 heavy (non-hydrogen) atoms. The van der Waals surface area contributed by atoms with E-state index in [1.54, 1.807) is 13.3 Å². The molecule has 4 nitrogen and oxygen atoms in total. The van der Waals surface area contributed by atoms with Crippen molar-refractivity contribution in [3.05, 3.63) is 64.5 Å². The molecule has 1 aromatic carbocycles. The number of aliphatic hydroxyl groups is 1. The van der Waals surface area contributed by atoms with Gasteiger partial charge >= 0.3 is 0 Å². The number of methoxy groups -OCH3 is 1. The van der Waals surface area contributed by atoms with Gasteiger partial charge in [-0.1, -0.05) is 23.8 Å². The van der Waals surface area contributed by atoms with Crippen molar-refractivity contribution in [2.75, 3.05) is 27.2 Å². The summed E-state index contributed by atoms with van der Waals surface area (Å²) >= 11 is 0. The normalized spacial score (nSPS) is 23.6.